The average Bonchev–Trinajstić information content (AvgIpc) is 2.90. The lowest BCUT2D eigenvalue weighted by Crippen LogP contribution is -2.30. The number of benzene rings is 4. The molecule has 1 aromatic heterocycles. The molecule has 2 heteroatoms. The van der Waals surface area contributed by atoms with Gasteiger partial charge >= 0.3 is 0 Å². The highest BCUT2D eigenvalue weighted by Gasteiger charge is 2.36. The fourth-order valence-electron chi connectivity index (χ4n) is 5.09. The number of aromatic nitrogens is 1. The molecule has 1 aliphatic heterocycles. The normalized spacial score (nSPS) is 13.8. The minimum absolute atomic E-state index is 0.0502. The zero-order valence-electron chi connectivity index (χ0n) is 19.4. The first-order valence-corrected chi connectivity index (χ1v) is 11.7. The third-order valence-corrected chi connectivity index (χ3v) is 6.88. The van der Waals surface area contributed by atoms with Gasteiger partial charge in [0, 0.05) is 22.2 Å². The molecule has 0 spiro atoms. The van der Waals surface area contributed by atoms with Gasteiger partial charge in [-0.25, -0.2) is 4.98 Å². The van der Waals surface area contributed by atoms with Crippen LogP contribution in [0.25, 0.3) is 22.5 Å². The molecule has 0 amide bonds. The van der Waals surface area contributed by atoms with E-state index in [2.05, 4.69) is 122 Å². The topological polar surface area (TPSA) is 16.1 Å². The van der Waals surface area contributed by atoms with Gasteiger partial charge in [0.2, 0.25) is 0 Å². The lowest BCUT2D eigenvalue weighted by atomic mass is 9.73. The summed E-state index contributed by atoms with van der Waals surface area (Å²) in [6, 6.07) is 42.8. The number of para-hydroxylation sites is 2. The van der Waals surface area contributed by atoms with Gasteiger partial charge in [-0.3, -0.25) is 0 Å². The summed E-state index contributed by atoms with van der Waals surface area (Å²) in [5.41, 5.74) is 10.5. The van der Waals surface area contributed by atoms with Crippen LogP contribution in [0.5, 0.6) is 0 Å². The van der Waals surface area contributed by atoms with Crippen molar-refractivity contribution in [3.63, 3.8) is 0 Å². The maximum atomic E-state index is 4.93. The summed E-state index contributed by atoms with van der Waals surface area (Å²) < 4.78 is 0. The number of rotatable bonds is 3. The molecule has 0 atom stereocenters. The Kier molecular flexibility index (Phi) is 4.81. The molecule has 0 saturated heterocycles. The van der Waals surface area contributed by atoms with Gasteiger partial charge in [-0.1, -0.05) is 98.8 Å². The van der Waals surface area contributed by atoms with Gasteiger partial charge in [-0.15, -0.1) is 0 Å². The van der Waals surface area contributed by atoms with Gasteiger partial charge in [-0.2, -0.15) is 0 Å². The number of fused-ring (bicyclic) bond motifs is 2. The number of anilines is 3. The van der Waals surface area contributed by atoms with E-state index in [1.165, 1.54) is 22.5 Å². The first-order chi connectivity index (χ1) is 16.6. The van der Waals surface area contributed by atoms with Crippen molar-refractivity contribution in [1.29, 1.82) is 0 Å². The number of hydrogen-bond acceptors (Lipinski definition) is 2. The SMILES string of the molecule is CC1(C)c2ccccc2N(c2ccc(-c3cccc(-c4ccccc4)n3)cc2)c2ccccc21. The van der Waals surface area contributed by atoms with Crippen LogP contribution in [0.1, 0.15) is 25.0 Å². The Morgan fingerprint density at radius 2 is 1.00 bits per heavy atom. The molecular weight excluding hydrogens is 412 g/mol. The largest absolute Gasteiger partial charge is 0.310 e. The monoisotopic (exact) mass is 438 g/mol. The minimum atomic E-state index is -0.0502. The third kappa shape index (κ3) is 3.31. The van der Waals surface area contributed by atoms with Gasteiger partial charge in [-0.05, 0) is 47.5 Å². The molecule has 0 N–H and O–H groups in total. The highest BCUT2D eigenvalue weighted by atomic mass is 15.2. The standard InChI is InChI=1S/C32H26N2/c1-32(2)26-13-6-8-17-30(26)34(31-18-9-7-14-27(31)32)25-21-19-24(20-22-25)29-16-10-15-28(33-29)23-11-4-3-5-12-23/h3-22H,1-2H3. The van der Waals surface area contributed by atoms with Gasteiger partial charge in [0.15, 0.2) is 0 Å². The zero-order chi connectivity index (χ0) is 23.1. The molecule has 1 aliphatic rings. The summed E-state index contributed by atoms with van der Waals surface area (Å²) in [5.74, 6) is 0. The Morgan fingerprint density at radius 1 is 0.500 bits per heavy atom. The zero-order valence-corrected chi connectivity index (χ0v) is 19.4. The van der Waals surface area contributed by atoms with E-state index in [4.69, 9.17) is 4.98 Å². The molecule has 0 radical (unpaired) electrons. The van der Waals surface area contributed by atoms with Crippen LogP contribution in [-0.4, -0.2) is 4.98 Å². The van der Waals surface area contributed by atoms with Crippen molar-refractivity contribution in [2.24, 2.45) is 0 Å². The van der Waals surface area contributed by atoms with Gasteiger partial charge in [0.25, 0.3) is 0 Å². The van der Waals surface area contributed by atoms with E-state index in [0.29, 0.717) is 0 Å². The fraction of sp³-hybridized carbons (Fsp3) is 0.0938. The van der Waals surface area contributed by atoms with Crippen molar-refractivity contribution < 1.29 is 0 Å². The summed E-state index contributed by atoms with van der Waals surface area (Å²) in [5, 5.41) is 0. The van der Waals surface area contributed by atoms with E-state index < -0.39 is 0 Å². The fourth-order valence-corrected chi connectivity index (χ4v) is 5.09. The Morgan fingerprint density at radius 3 is 1.59 bits per heavy atom. The van der Waals surface area contributed by atoms with Crippen molar-refractivity contribution >= 4 is 17.1 Å². The molecule has 0 fully saturated rings. The lowest BCUT2D eigenvalue weighted by Gasteiger charge is -2.42. The number of hydrogen-bond donors (Lipinski definition) is 0. The molecule has 0 saturated carbocycles. The van der Waals surface area contributed by atoms with Gasteiger partial charge < -0.3 is 4.90 Å². The molecule has 34 heavy (non-hydrogen) atoms. The Balaban J connectivity index is 1.42. The van der Waals surface area contributed by atoms with Crippen molar-refractivity contribution in [2.75, 3.05) is 4.90 Å². The maximum Gasteiger partial charge on any atom is 0.0709 e. The first-order valence-electron chi connectivity index (χ1n) is 11.7. The van der Waals surface area contributed by atoms with E-state index in [1.807, 2.05) is 18.2 Å². The average molecular weight is 439 g/mol. The van der Waals surface area contributed by atoms with E-state index >= 15 is 0 Å². The van der Waals surface area contributed by atoms with Gasteiger partial charge in [0.05, 0.1) is 22.8 Å². The second-order valence-corrected chi connectivity index (χ2v) is 9.32. The van der Waals surface area contributed by atoms with Crippen LogP contribution in [0.4, 0.5) is 17.1 Å². The summed E-state index contributed by atoms with van der Waals surface area (Å²) in [6.07, 6.45) is 0. The summed E-state index contributed by atoms with van der Waals surface area (Å²) in [4.78, 5) is 7.32. The van der Waals surface area contributed by atoms with Crippen LogP contribution in [-0.2, 0) is 5.41 Å². The first kappa shape index (κ1) is 20.4. The van der Waals surface area contributed by atoms with E-state index in [0.717, 1.165) is 28.2 Å². The van der Waals surface area contributed by atoms with E-state index in [1.54, 1.807) is 0 Å². The second-order valence-electron chi connectivity index (χ2n) is 9.32. The Bertz CT molecular complexity index is 1420. The highest BCUT2D eigenvalue weighted by molar-refractivity contribution is 5.86. The predicted octanol–water partition coefficient (Wildman–Crippen LogP) is 8.52. The van der Waals surface area contributed by atoms with Crippen LogP contribution >= 0.6 is 0 Å². The van der Waals surface area contributed by atoms with Crippen LogP contribution in [0, 0.1) is 0 Å². The van der Waals surface area contributed by atoms with Crippen molar-refractivity contribution in [2.45, 2.75) is 19.3 Å². The molecule has 4 aromatic carbocycles. The summed E-state index contributed by atoms with van der Waals surface area (Å²) in [6.45, 7) is 4.63. The predicted molar refractivity (Wildman–Crippen MR) is 142 cm³/mol. The van der Waals surface area contributed by atoms with Crippen LogP contribution in [0.15, 0.2) is 121 Å². The van der Waals surface area contributed by atoms with Crippen LogP contribution in [0.2, 0.25) is 0 Å². The minimum Gasteiger partial charge on any atom is -0.310 e. The Hall–Kier alpha value is -4.17. The highest BCUT2D eigenvalue weighted by Crippen LogP contribution is 2.51. The van der Waals surface area contributed by atoms with Gasteiger partial charge in [0.1, 0.15) is 0 Å². The number of pyridine rings is 1. The molecular formula is C32H26N2. The molecule has 0 unspecified atom stereocenters. The molecule has 5 aromatic rings. The Labute approximate surface area is 201 Å². The van der Waals surface area contributed by atoms with Crippen molar-refractivity contribution in [1.82, 2.24) is 4.98 Å². The van der Waals surface area contributed by atoms with E-state index in [9.17, 15) is 0 Å². The summed E-state index contributed by atoms with van der Waals surface area (Å²) in [7, 11) is 0. The molecule has 0 aliphatic carbocycles. The quantitative estimate of drug-likeness (QED) is 0.281. The van der Waals surface area contributed by atoms with Crippen LogP contribution in [0.3, 0.4) is 0 Å². The molecule has 6 rings (SSSR count). The maximum absolute atomic E-state index is 4.93. The molecule has 2 nitrogen and oxygen atoms in total. The number of nitrogens with zero attached hydrogens (tertiary/aromatic N) is 2. The lowest BCUT2D eigenvalue weighted by molar-refractivity contribution is 0.632. The second kappa shape index (κ2) is 8.00. The van der Waals surface area contributed by atoms with Crippen LogP contribution < -0.4 is 4.90 Å². The smallest absolute Gasteiger partial charge is 0.0709 e. The van der Waals surface area contributed by atoms with E-state index in [-0.39, 0.29) is 5.41 Å². The molecule has 2 heterocycles. The molecule has 164 valence electrons. The van der Waals surface area contributed by atoms with Crippen molar-refractivity contribution in [3.05, 3.63) is 132 Å². The summed E-state index contributed by atoms with van der Waals surface area (Å²) >= 11 is 0. The van der Waals surface area contributed by atoms with Crippen molar-refractivity contribution in [3.8, 4) is 22.5 Å². The third-order valence-electron chi connectivity index (χ3n) is 6.88. The molecule has 0 bridgehead atoms.